The van der Waals surface area contributed by atoms with Crippen molar-refractivity contribution in [3.05, 3.63) is 33.9 Å². The Morgan fingerprint density at radius 3 is 2.75 bits per heavy atom. The van der Waals surface area contributed by atoms with Crippen molar-refractivity contribution >= 4 is 38.9 Å². The van der Waals surface area contributed by atoms with E-state index in [1.807, 2.05) is 0 Å². The molecule has 0 radical (unpaired) electrons. The molecule has 0 fully saturated rings. The molecule has 0 aliphatic heterocycles. The molecule has 0 saturated heterocycles. The van der Waals surface area contributed by atoms with Crippen LogP contribution in [0.25, 0.3) is 10.1 Å². The topological polar surface area (TPSA) is 38.3 Å². The zero-order valence-electron chi connectivity index (χ0n) is 9.55. The molecule has 0 aliphatic rings. The number of carbonyl (C=O) groups excluding carboxylic acids is 1. The molecule has 0 aliphatic carbocycles. The zero-order valence-corrected chi connectivity index (χ0v) is 11.1. The summed E-state index contributed by atoms with van der Waals surface area (Å²) in [5.41, 5.74) is 1.65. The molecule has 0 bridgehead atoms. The van der Waals surface area contributed by atoms with Gasteiger partial charge < -0.3 is 0 Å². The zero-order chi connectivity index (χ0) is 14.9. The predicted molar refractivity (Wildman–Crippen MR) is 66.3 cm³/mol. The van der Waals surface area contributed by atoms with Crippen molar-refractivity contribution < 1.29 is 27.2 Å². The fourth-order valence-electron chi connectivity index (χ4n) is 1.41. The van der Waals surface area contributed by atoms with Gasteiger partial charge in [-0.15, -0.1) is 11.3 Å². The maximum Gasteiger partial charge on any atom is 0.414 e. The molecule has 1 aromatic carbocycles. The summed E-state index contributed by atoms with van der Waals surface area (Å²) >= 11 is 6.78. The van der Waals surface area contributed by atoms with Gasteiger partial charge >= 0.3 is 6.18 Å². The highest BCUT2D eigenvalue weighted by molar-refractivity contribution is 7.21. The minimum Gasteiger partial charge on any atom is -0.266 e. The Bertz CT molecular complexity index is 656. The number of rotatable bonds is 3. The molecule has 1 heterocycles. The summed E-state index contributed by atoms with van der Waals surface area (Å²) in [6.45, 7) is -1.62. The summed E-state index contributed by atoms with van der Waals surface area (Å²) in [5.74, 6) is -1.42. The maximum absolute atomic E-state index is 13.0. The van der Waals surface area contributed by atoms with Crippen molar-refractivity contribution in [1.82, 2.24) is 5.48 Å². The highest BCUT2D eigenvalue weighted by Crippen LogP contribution is 2.35. The number of benzene rings is 1. The van der Waals surface area contributed by atoms with Gasteiger partial charge in [0.25, 0.3) is 5.91 Å². The second kappa shape index (κ2) is 5.55. The van der Waals surface area contributed by atoms with E-state index in [1.165, 1.54) is 18.2 Å². The molecule has 9 heteroatoms. The van der Waals surface area contributed by atoms with E-state index < -0.39 is 24.5 Å². The molecule has 3 nitrogen and oxygen atoms in total. The maximum atomic E-state index is 13.0. The van der Waals surface area contributed by atoms with Crippen LogP contribution in [0, 0.1) is 5.82 Å². The molecular formula is C11H6ClF4NO2S. The number of amides is 1. The van der Waals surface area contributed by atoms with Crippen LogP contribution in [0.2, 0.25) is 5.02 Å². The van der Waals surface area contributed by atoms with Gasteiger partial charge in [0, 0.05) is 10.1 Å². The summed E-state index contributed by atoms with van der Waals surface area (Å²) in [4.78, 5) is 15.6. The van der Waals surface area contributed by atoms with E-state index in [2.05, 4.69) is 4.84 Å². The third-order valence-electron chi connectivity index (χ3n) is 2.20. The van der Waals surface area contributed by atoms with Crippen LogP contribution in [0.4, 0.5) is 17.6 Å². The van der Waals surface area contributed by atoms with Crippen molar-refractivity contribution in [1.29, 1.82) is 0 Å². The van der Waals surface area contributed by atoms with Crippen molar-refractivity contribution in [3.8, 4) is 0 Å². The normalized spacial score (nSPS) is 11.8. The van der Waals surface area contributed by atoms with Gasteiger partial charge in [0.2, 0.25) is 0 Å². The molecule has 0 atom stereocenters. The minimum atomic E-state index is -4.56. The minimum absolute atomic E-state index is 0.0399. The first kappa shape index (κ1) is 15.0. The molecule has 20 heavy (non-hydrogen) atoms. The summed E-state index contributed by atoms with van der Waals surface area (Å²) in [7, 11) is 0. The van der Waals surface area contributed by atoms with Crippen LogP contribution in [0.3, 0.4) is 0 Å². The highest BCUT2D eigenvalue weighted by Gasteiger charge is 2.28. The number of halogens is 5. The lowest BCUT2D eigenvalue weighted by Gasteiger charge is -2.07. The van der Waals surface area contributed by atoms with E-state index >= 15 is 0 Å². The van der Waals surface area contributed by atoms with Crippen LogP contribution in [0.1, 0.15) is 9.67 Å². The van der Waals surface area contributed by atoms with Gasteiger partial charge in [0.15, 0.2) is 6.61 Å². The number of hydroxylamine groups is 1. The molecule has 108 valence electrons. The molecule has 2 rings (SSSR count). The summed E-state index contributed by atoms with van der Waals surface area (Å²) < 4.78 is 49.0. The number of thiophene rings is 1. The third-order valence-corrected chi connectivity index (χ3v) is 3.85. The summed E-state index contributed by atoms with van der Waals surface area (Å²) in [5, 5.41) is 0.483. The second-order valence-corrected chi connectivity index (χ2v) is 5.15. The molecule has 0 saturated carbocycles. The molecule has 0 spiro atoms. The van der Waals surface area contributed by atoms with Gasteiger partial charge in [-0.2, -0.15) is 13.2 Å². The average molecular weight is 328 g/mol. The van der Waals surface area contributed by atoms with Crippen LogP contribution in [-0.2, 0) is 4.84 Å². The van der Waals surface area contributed by atoms with E-state index in [4.69, 9.17) is 11.6 Å². The average Bonchev–Trinajstić information content (AvgIpc) is 2.64. The lowest BCUT2D eigenvalue weighted by Crippen LogP contribution is -2.29. The Morgan fingerprint density at radius 2 is 2.10 bits per heavy atom. The Morgan fingerprint density at radius 1 is 1.40 bits per heavy atom. The van der Waals surface area contributed by atoms with Crippen LogP contribution < -0.4 is 5.48 Å². The second-order valence-electron chi connectivity index (χ2n) is 3.72. The first-order chi connectivity index (χ1) is 9.28. The highest BCUT2D eigenvalue weighted by atomic mass is 35.5. The van der Waals surface area contributed by atoms with Gasteiger partial charge in [-0.05, 0) is 18.2 Å². The number of hydrogen-bond acceptors (Lipinski definition) is 3. The van der Waals surface area contributed by atoms with Crippen molar-refractivity contribution in [2.75, 3.05) is 6.61 Å². The van der Waals surface area contributed by atoms with E-state index in [0.29, 0.717) is 10.1 Å². The van der Waals surface area contributed by atoms with Gasteiger partial charge in [-0.1, -0.05) is 11.6 Å². The molecule has 0 unspecified atom stereocenters. The Labute approximate surface area is 119 Å². The molecule has 1 aromatic heterocycles. The number of nitrogens with one attached hydrogen (secondary N) is 1. The Kier molecular flexibility index (Phi) is 4.17. The Balaban J connectivity index is 2.16. The van der Waals surface area contributed by atoms with E-state index in [-0.39, 0.29) is 9.90 Å². The van der Waals surface area contributed by atoms with Crippen molar-refractivity contribution in [2.45, 2.75) is 6.18 Å². The fraction of sp³-hybridized carbons (Fsp3) is 0.182. The molecule has 1 N–H and O–H groups in total. The van der Waals surface area contributed by atoms with Crippen LogP contribution >= 0.6 is 22.9 Å². The summed E-state index contributed by atoms with van der Waals surface area (Å²) in [6.07, 6.45) is -4.56. The number of alkyl halides is 3. The first-order valence-corrected chi connectivity index (χ1v) is 6.34. The van der Waals surface area contributed by atoms with Crippen molar-refractivity contribution in [2.24, 2.45) is 0 Å². The quantitative estimate of drug-likeness (QED) is 0.685. The summed E-state index contributed by atoms with van der Waals surface area (Å²) in [6, 6.07) is 3.73. The molecular weight excluding hydrogens is 322 g/mol. The van der Waals surface area contributed by atoms with Crippen LogP contribution in [0.15, 0.2) is 18.2 Å². The van der Waals surface area contributed by atoms with E-state index in [1.54, 1.807) is 5.48 Å². The smallest absolute Gasteiger partial charge is 0.266 e. The van der Waals surface area contributed by atoms with Gasteiger partial charge in [-0.3, -0.25) is 9.63 Å². The van der Waals surface area contributed by atoms with E-state index in [9.17, 15) is 22.4 Å². The van der Waals surface area contributed by atoms with E-state index in [0.717, 1.165) is 11.3 Å². The lowest BCUT2D eigenvalue weighted by atomic mass is 10.2. The SMILES string of the molecule is O=C(NOCC(F)(F)F)c1sc2cc(F)ccc2c1Cl. The molecule has 2 aromatic rings. The standard InChI is InChI=1S/C11H6ClF4NO2S/c12-8-6-2-1-5(13)3-7(6)20-9(8)10(18)17-19-4-11(14,15)16/h1-3H,4H2,(H,17,18). The molecule has 1 amide bonds. The lowest BCUT2D eigenvalue weighted by molar-refractivity contribution is -0.184. The van der Waals surface area contributed by atoms with Crippen LogP contribution in [-0.4, -0.2) is 18.7 Å². The van der Waals surface area contributed by atoms with Crippen molar-refractivity contribution in [3.63, 3.8) is 0 Å². The van der Waals surface area contributed by atoms with Crippen LogP contribution in [0.5, 0.6) is 0 Å². The first-order valence-electron chi connectivity index (χ1n) is 5.14. The number of hydrogen-bond donors (Lipinski definition) is 1. The third kappa shape index (κ3) is 3.38. The largest absolute Gasteiger partial charge is 0.414 e. The number of fused-ring (bicyclic) bond motifs is 1. The monoisotopic (exact) mass is 327 g/mol. The van der Waals surface area contributed by atoms with Gasteiger partial charge in [0.1, 0.15) is 10.7 Å². The fourth-order valence-corrected chi connectivity index (χ4v) is 2.84. The Hall–Kier alpha value is -1.38. The van der Waals surface area contributed by atoms with Gasteiger partial charge in [0.05, 0.1) is 5.02 Å². The van der Waals surface area contributed by atoms with Gasteiger partial charge in [-0.25, -0.2) is 9.87 Å². The predicted octanol–water partition coefficient (Wildman–Crippen LogP) is 3.92. The number of carbonyl (C=O) groups is 1.